The third-order valence-corrected chi connectivity index (χ3v) is 4.82. The van der Waals surface area contributed by atoms with Crippen LogP contribution >= 0.6 is 11.3 Å². The molecule has 1 aliphatic carbocycles. The van der Waals surface area contributed by atoms with Gasteiger partial charge in [-0.3, -0.25) is 9.20 Å². The number of halogens is 1. The number of hydrogen-bond acceptors (Lipinski definition) is 3. The Morgan fingerprint density at radius 3 is 2.82 bits per heavy atom. The number of imidazole rings is 1. The average Bonchev–Trinajstić information content (AvgIpc) is 2.93. The van der Waals surface area contributed by atoms with Gasteiger partial charge in [0.25, 0.3) is 0 Å². The van der Waals surface area contributed by atoms with Crippen molar-refractivity contribution in [3.8, 4) is 11.3 Å². The highest BCUT2D eigenvalue weighted by molar-refractivity contribution is 7.15. The van der Waals surface area contributed by atoms with Crippen molar-refractivity contribution in [2.75, 3.05) is 5.32 Å². The van der Waals surface area contributed by atoms with Crippen molar-refractivity contribution in [2.24, 2.45) is 11.8 Å². The summed E-state index contributed by atoms with van der Waals surface area (Å²) in [5.74, 6) is 0.934. The fourth-order valence-corrected chi connectivity index (χ4v) is 3.33. The van der Waals surface area contributed by atoms with Gasteiger partial charge >= 0.3 is 0 Å². The molecule has 4 nitrogen and oxygen atoms in total. The standard InChI is InChI=1S/C16H14FN3OS/c1-9-8-12(9)15(21)19-14-13(10-2-4-11(17)5-3-10)18-16-20(14)6-7-22-16/h2-7,9,12H,8H2,1H3,(H,19,21)/t9-,12-/m1/s1. The van der Waals surface area contributed by atoms with Crippen LogP contribution in [0.3, 0.4) is 0 Å². The third-order valence-electron chi connectivity index (χ3n) is 4.07. The molecule has 1 aliphatic rings. The highest BCUT2D eigenvalue weighted by Crippen LogP contribution is 2.39. The first-order valence-corrected chi connectivity index (χ1v) is 8.04. The first kappa shape index (κ1) is 13.5. The molecule has 0 saturated heterocycles. The topological polar surface area (TPSA) is 46.4 Å². The van der Waals surface area contributed by atoms with Crippen molar-refractivity contribution in [1.29, 1.82) is 0 Å². The number of carbonyl (C=O) groups is 1. The summed E-state index contributed by atoms with van der Waals surface area (Å²) in [6.45, 7) is 2.07. The number of carbonyl (C=O) groups excluding carboxylic acids is 1. The Bertz CT molecular complexity index is 852. The first-order valence-electron chi connectivity index (χ1n) is 7.16. The lowest BCUT2D eigenvalue weighted by Crippen LogP contribution is -2.16. The van der Waals surface area contributed by atoms with Gasteiger partial charge in [-0.1, -0.05) is 6.92 Å². The molecule has 1 aromatic carbocycles. The molecule has 2 aromatic heterocycles. The summed E-state index contributed by atoms with van der Waals surface area (Å²) in [5.41, 5.74) is 1.46. The zero-order chi connectivity index (χ0) is 15.3. The third kappa shape index (κ3) is 2.20. The molecule has 6 heteroatoms. The van der Waals surface area contributed by atoms with E-state index in [-0.39, 0.29) is 17.6 Å². The molecular weight excluding hydrogens is 301 g/mol. The van der Waals surface area contributed by atoms with E-state index in [0.29, 0.717) is 17.4 Å². The smallest absolute Gasteiger partial charge is 0.228 e. The van der Waals surface area contributed by atoms with Crippen molar-refractivity contribution in [1.82, 2.24) is 9.38 Å². The van der Waals surface area contributed by atoms with Gasteiger partial charge in [0.1, 0.15) is 17.3 Å². The molecule has 2 atom stereocenters. The lowest BCUT2D eigenvalue weighted by molar-refractivity contribution is -0.117. The van der Waals surface area contributed by atoms with Gasteiger partial charge in [-0.05, 0) is 36.6 Å². The quantitative estimate of drug-likeness (QED) is 0.799. The van der Waals surface area contributed by atoms with Crippen molar-refractivity contribution in [3.05, 3.63) is 41.7 Å². The van der Waals surface area contributed by atoms with Gasteiger partial charge in [0.05, 0.1) is 0 Å². The highest BCUT2D eigenvalue weighted by atomic mass is 32.1. The first-order chi connectivity index (χ1) is 10.6. The molecule has 0 spiro atoms. The summed E-state index contributed by atoms with van der Waals surface area (Å²) in [4.78, 5) is 17.7. The van der Waals surface area contributed by atoms with Crippen LogP contribution in [-0.2, 0) is 4.79 Å². The molecule has 22 heavy (non-hydrogen) atoms. The number of rotatable bonds is 3. The Balaban J connectivity index is 1.77. The largest absolute Gasteiger partial charge is 0.310 e. The second-order valence-electron chi connectivity index (χ2n) is 5.68. The van der Waals surface area contributed by atoms with E-state index < -0.39 is 0 Å². The molecule has 0 unspecified atom stereocenters. The molecule has 3 aromatic rings. The molecule has 0 aliphatic heterocycles. The predicted molar refractivity (Wildman–Crippen MR) is 84.4 cm³/mol. The fraction of sp³-hybridized carbons (Fsp3) is 0.250. The summed E-state index contributed by atoms with van der Waals surface area (Å²) in [7, 11) is 0. The van der Waals surface area contributed by atoms with Crippen LogP contribution in [0, 0.1) is 17.7 Å². The van der Waals surface area contributed by atoms with Gasteiger partial charge in [-0.2, -0.15) is 0 Å². The van der Waals surface area contributed by atoms with Crippen molar-refractivity contribution in [2.45, 2.75) is 13.3 Å². The summed E-state index contributed by atoms with van der Waals surface area (Å²) < 4.78 is 15.0. The lowest BCUT2D eigenvalue weighted by Gasteiger charge is -2.06. The number of thiazole rings is 1. The van der Waals surface area contributed by atoms with Crippen LogP contribution in [0.4, 0.5) is 10.2 Å². The summed E-state index contributed by atoms with van der Waals surface area (Å²) in [6.07, 6.45) is 2.81. The van der Waals surface area contributed by atoms with E-state index in [1.807, 2.05) is 16.0 Å². The summed E-state index contributed by atoms with van der Waals surface area (Å²) in [5, 5.41) is 4.92. The number of aromatic nitrogens is 2. The van der Waals surface area contributed by atoms with Crippen molar-refractivity contribution >= 4 is 28.0 Å². The fourth-order valence-electron chi connectivity index (χ4n) is 2.61. The van der Waals surface area contributed by atoms with Gasteiger partial charge in [-0.15, -0.1) is 11.3 Å². The minimum atomic E-state index is -0.290. The van der Waals surface area contributed by atoms with Gasteiger partial charge in [0.15, 0.2) is 4.96 Å². The highest BCUT2D eigenvalue weighted by Gasteiger charge is 2.39. The molecule has 1 saturated carbocycles. The average molecular weight is 315 g/mol. The molecule has 1 amide bonds. The number of fused-ring (bicyclic) bond motifs is 1. The molecule has 112 valence electrons. The maximum absolute atomic E-state index is 13.1. The van der Waals surface area contributed by atoms with Crippen LogP contribution in [0.25, 0.3) is 16.2 Å². The number of anilines is 1. The number of nitrogens with one attached hydrogen (secondary N) is 1. The van der Waals surface area contributed by atoms with E-state index in [0.717, 1.165) is 16.9 Å². The van der Waals surface area contributed by atoms with Crippen LogP contribution in [0.5, 0.6) is 0 Å². The SMILES string of the molecule is C[C@@H]1C[C@H]1C(=O)Nc1c(-c2ccc(F)cc2)nc2sccn12. The lowest BCUT2D eigenvalue weighted by atomic mass is 10.1. The Labute approximate surface area is 130 Å². The minimum absolute atomic E-state index is 0.0314. The monoisotopic (exact) mass is 315 g/mol. The molecule has 0 radical (unpaired) electrons. The minimum Gasteiger partial charge on any atom is -0.310 e. The van der Waals surface area contributed by atoms with E-state index in [4.69, 9.17) is 0 Å². The molecular formula is C16H14FN3OS. The van der Waals surface area contributed by atoms with E-state index >= 15 is 0 Å². The maximum Gasteiger partial charge on any atom is 0.228 e. The summed E-state index contributed by atoms with van der Waals surface area (Å²) >= 11 is 1.50. The second kappa shape index (κ2) is 4.91. The maximum atomic E-state index is 13.1. The van der Waals surface area contributed by atoms with E-state index in [9.17, 15) is 9.18 Å². The second-order valence-corrected chi connectivity index (χ2v) is 6.55. The van der Waals surface area contributed by atoms with Gasteiger partial charge in [-0.25, -0.2) is 9.37 Å². The number of benzene rings is 1. The Morgan fingerprint density at radius 1 is 1.41 bits per heavy atom. The summed E-state index contributed by atoms with van der Waals surface area (Å²) in [6, 6.07) is 6.16. The Morgan fingerprint density at radius 2 is 2.14 bits per heavy atom. The molecule has 0 bridgehead atoms. The van der Waals surface area contributed by atoms with Crippen LogP contribution < -0.4 is 5.32 Å². The Kier molecular flexibility index (Phi) is 3.00. The zero-order valence-electron chi connectivity index (χ0n) is 11.9. The Hall–Kier alpha value is -2.21. The van der Waals surface area contributed by atoms with Gasteiger partial charge in [0, 0.05) is 23.1 Å². The molecule has 2 heterocycles. The number of amides is 1. The van der Waals surface area contributed by atoms with Crippen LogP contribution in [0.15, 0.2) is 35.8 Å². The molecule has 4 rings (SSSR count). The van der Waals surface area contributed by atoms with Crippen molar-refractivity contribution < 1.29 is 9.18 Å². The molecule has 1 N–H and O–H groups in total. The number of hydrogen-bond donors (Lipinski definition) is 1. The van der Waals surface area contributed by atoms with Crippen molar-refractivity contribution in [3.63, 3.8) is 0 Å². The van der Waals surface area contributed by atoms with Crippen LogP contribution in [0.2, 0.25) is 0 Å². The van der Waals surface area contributed by atoms with Gasteiger partial charge < -0.3 is 5.32 Å². The normalized spacial score (nSPS) is 20.3. The zero-order valence-corrected chi connectivity index (χ0v) is 12.7. The van der Waals surface area contributed by atoms with E-state index in [1.54, 1.807) is 12.1 Å². The predicted octanol–water partition coefficient (Wildman–Crippen LogP) is 3.80. The van der Waals surface area contributed by atoms with E-state index in [2.05, 4.69) is 17.2 Å². The number of nitrogens with zero attached hydrogens (tertiary/aromatic N) is 2. The van der Waals surface area contributed by atoms with Crippen LogP contribution in [0.1, 0.15) is 13.3 Å². The van der Waals surface area contributed by atoms with Gasteiger partial charge in [0.2, 0.25) is 5.91 Å². The van der Waals surface area contributed by atoms with E-state index in [1.165, 1.54) is 23.5 Å². The molecule has 1 fully saturated rings. The van der Waals surface area contributed by atoms with Crippen LogP contribution in [-0.4, -0.2) is 15.3 Å².